The van der Waals surface area contributed by atoms with Crippen LogP contribution in [-0.2, 0) is 23.7 Å². The number of anilines is 1. The van der Waals surface area contributed by atoms with Crippen molar-refractivity contribution in [2.45, 2.75) is 72.6 Å². The molecule has 0 aromatic carbocycles. The van der Waals surface area contributed by atoms with Crippen LogP contribution in [0.25, 0.3) is 10.4 Å². The molecule has 35 heavy (non-hydrogen) atoms. The number of pyridine rings is 1. The number of nitrogens with one attached hydrogen (secondary N) is 1. The van der Waals surface area contributed by atoms with Gasteiger partial charge in [0.15, 0.2) is 5.13 Å². The third-order valence-corrected chi connectivity index (χ3v) is 7.22. The average Bonchev–Trinajstić information content (AvgIpc) is 3.34. The standard InChI is InChI=1S/C26H36N6O2S/c1-15-9-19(10-16(2)28-15)23-20(29-25(35-23)32-13-17(3)34-18(4)14-32)12-27-24(33)21-11-22(26(5,6)7)30-31(21)8/h9-11,17-18H,12-14H2,1-8H3,(H,27,33)/t17-,18+. The zero-order valence-electron chi connectivity index (χ0n) is 22.0. The summed E-state index contributed by atoms with van der Waals surface area (Å²) in [4.78, 5) is 26.0. The third-order valence-electron chi connectivity index (χ3n) is 6.02. The first-order chi connectivity index (χ1) is 16.4. The quantitative estimate of drug-likeness (QED) is 0.564. The molecule has 0 bridgehead atoms. The minimum Gasteiger partial charge on any atom is -0.372 e. The zero-order chi connectivity index (χ0) is 25.5. The maximum Gasteiger partial charge on any atom is 0.269 e. The Hall–Kier alpha value is -2.78. The normalized spacial score (nSPS) is 18.7. The summed E-state index contributed by atoms with van der Waals surface area (Å²) in [5, 5.41) is 8.57. The molecule has 0 unspecified atom stereocenters. The van der Waals surface area contributed by atoms with Gasteiger partial charge in [0.25, 0.3) is 5.91 Å². The largest absolute Gasteiger partial charge is 0.372 e. The van der Waals surface area contributed by atoms with Crippen molar-refractivity contribution >= 4 is 22.4 Å². The number of aryl methyl sites for hydroxylation is 3. The molecular weight excluding hydrogens is 460 g/mol. The van der Waals surface area contributed by atoms with Crippen LogP contribution in [0.5, 0.6) is 0 Å². The number of hydrogen-bond acceptors (Lipinski definition) is 7. The highest BCUT2D eigenvalue weighted by atomic mass is 32.1. The monoisotopic (exact) mass is 496 g/mol. The van der Waals surface area contributed by atoms with Crippen molar-refractivity contribution in [3.8, 4) is 10.4 Å². The van der Waals surface area contributed by atoms with E-state index in [1.165, 1.54) is 0 Å². The Labute approximate surface area is 211 Å². The van der Waals surface area contributed by atoms with Gasteiger partial charge in [0.1, 0.15) is 5.69 Å². The van der Waals surface area contributed by atoms with Crippen LogP contribution in [0.2, 0.25) is 0 Å². The lowest BCUT2D eigenvalue weighted by Crippen LogP contribution is -2.45. The summed E-state index contributed by atoms with van der Waals surface area (Å²) in [6, 6.07) is 6.03. The number of rotatable bonds is 5. The molecule has 1 aliphatic heterocycles. The minimum absolute atomic E-state index is 0.128. The first-order valence-electron chi connectivity index (χ1n) is 12.1. The van der Waals surface area contributed by atoms with Crippen LogP contribution < -0.4 is 10.2 Å². The molecular formula is C26H36N6O2S. The lowest BCUT2D eigenvalue weighted by Gasteiger charge is -2.35. The van der Waals surface area contributed by atoms with Crippen LogP contribution in [0.15, 0.2) is 18.2 Å². The molecule has 1 amide bonds. The van der Waals surface area contributed by atoms with Gasteiger partial charge in [0, 0.05) is 36.9 Å². The van der Waals surface area contributed by atoms with Crippen molar-refractivity contribution in [1.29, 1.82) is 0 Å². The smallest absolute Gasteiger partial charge is 0.269 e. The molecule has 4 heterocycles. The second kappa shape index (κ2) is 9.70. The fourth-order valence-corrected chi connectivity index (χ4v) is 5.51. The van der Waals surface area contributed by atoms with Crippen molar-refractivity contribution in [3.05, 3.63) is 46.7 Å². The summed E-state index contributed by atoms with van der Waals surface area (Å²) in [6.45, 7) is 16.4. The molecule has 1 aliphatic rings. The van der Waals surface area contributed by atoms with E-state index in [2.05, 4.69) is 67.1 Å². The van der Waals surface area contributed by atoms with E-state index in [1.807, 2.05) is 19.9 Å². The first-order valence-corrected chi connectivity index (χ1v) is 12.9. The van der Waals surface area contributed by atoms with Gasteiger partial charge in [0.2, 0.25) is 0 Å². The molecule has 1 N–H and O–H groups in total. The van der Waals surface area contributed by atoms with Crippen molar-refractivity contribution in [2.75, 3.05) is 18.0 Å². The van der Waals surface area contributed by atoms with Gasteiger partial charge in [-0.1, -0.05) is 32.1 Å². The Bertz CT molecular complexity index is 1190. The Morgan fingerprint density at radius 1 is 1.11 bits per heavy atom. The number of nitrogens with zero attached hydrogens (tertiary/aromatic N) is 5. The van der Waals surface area contributed by atoms with E-state index in [0.717, 1.165) is 51.4 Å². The fourth-order valence-electron chi connectivity index (χ4n) is 4.42. The molecule has 0 spiro atoms. The molecule has 3 aromatic rings. The Kier molecular flexibility index (Phi) is 7.02. The van der Waals surface area contributed by atoms with Gasteiger partial charge in [-0.15, -0.1) is 0 Å². The first kappa shape index (κ1) is 25.3. The summed E-state index contributed by atoms with van der Waals surface area (Å²) in [5.41, 5.74) is 5.16. The summed E-state index contributed by atoms with van der Waals surface area (Å²) < 4.78 is 7.57. The van der Waals surface area contributed by atoms with E-state index in [1.54, 1.807) is 23.1 Å². The van der Waals surface area contributed by atoms with Crippen LogP contribution in [0.4, 0.5) is 5.13 Å². The maximum absolute atomic E-state index is 13.1. The van der Waals surface area contributed by atoms with E-state index in [-0.39, 0.29) is 23.5 Å². The average molecular weight is 497 g/mol. The molecule has 188 valence electrons. The van der Waals surface area contributed by atoms with Gasteiger partial charge in [-0.05, 0) is 51.5 Å². The summed E-state index contributed by atoms with van der Waals surface area (Å²) in [5.74, 6) is -0.160. The van der Waals surface area contributed by atoms with Crippen LogP contribution >= 0.6 is 11.3 Å². The number of ether oxygens (including phenoxy) is 1. The van der Waals surface area contributed by atoms with Gasteiger partial charge < -0.3 is 15.0 Å². The number of carbonyl (C=O) groups is 1. The fraction of sp³-hybridized carbons (Fsp3) is 0.538. The van der Waals surface area contributed by atoms with E-state index < -0.39 is 0 Å². The summed E-state index contributed by atoms with van der Waals surface area (Å²) in [7, 11) is 1.81. The van der Waals surface area contributed by atoms with Gasteiger partial charge in [-0.2, -0.15) is 5.10 Å². The molecule has 2 atom stereocenters. The van der Waals surface area contributed by atoms with Gasteiger partial charge in [-0.25, -0.2) is 4.98 Å². The van der Waals surface area contributed by atoms with Crippen LogP contribution in [0, 0.1) is 13.8 Å². The molecule has 4 rings (SSSR count). The molecule has 3 aromatic heterocycles. The number of morpholine rings is 1. The Morgan fingerprint density at radius 2 is 1.74 bits per heavy atom. The van der Waals surface area contributed by atoms with Crippen LogP contribution in [0.3, 0.4) is 0 Å². The van der Waals surface area contributed by atoms with E-state index in [0.29, 0.717) is 12.2 Å². The molecule has 9 heteroatoms. The number of aromatic nitrogens is 4. The molecule has 1 fully saturated rings. The number of thiazole rings is 1. The second-order valence-electron chi connectivity index (χ2n) is 10.5. The lowest BCUT2D eigenvalue weighted by atomic mass is 9.92. The van der Waals surface area contributed by atoms with Crippen molar-refractivity contribution in [2.24, 2.45) is 7.05 Å². The van der Waals surface area contributed by atoms with Crippen molar-refractivity contribution in [3.63, 3.8) is 0 Å². The minimum atomic E-state index is -0.160. The molecule has 0 aliphatic carbocycles. The highest BCUT2D eigenvalue weighted by molar-refractivity contribution is 7.19. The van der Waals surface area contributed by atoms with Gasteiger partial charge >= 0.3 is 0 Å². The Balaban J connectivity index is 1.63. The van der Waals surface area contributed by atoms with E-state index >= 15 is 0 Å². The van der Waals surface area contributed by atoms with Crippen LogP contribution in [-0.4, -0.2) is 51.0 Å². The SMILES string of the molecule is Cc1cc(-c2sc(N3C[C@@H](C)O[C@@H](C)C3)nc2CNC(=O)c2cc(C(C)(C)C)nn2C)cc(C)n1. The zero-order valence-corrected chi connectivity index (χ0v) is 22.8. The summed E-state index contributed by atoms with van der Waals surface area (Å²) >= 11 is 1.66. The number of carbonyl (C=O) groups excluding carboxylic acids is 1. The molecule has 8 nitrogen and oxygen atoms in total. The third kappa shape index (κ3) is 5.73. The predicted octanol–water partition coefficient (Wildman–Crippen LogP) is 4.40. The highest BCUT2D eigenvalue weighted by Crippen LogP contribution is 2.36. The van der Waals surface area contributed by atoms with Crippen LogP contribution in [0.1, 0.15) is 67.9 Å². The molecule has 1 saturated heterocycles. The molecule has 0 saturated carbocycles. The second-order valence-corrected chi connectivity index (χ2v) is 11.5. The number of hydrogen-bond donors (Lipinski definition) is 1. The van der Waals surface area contributed by atoms with E-state index in [4.69, 9.17) is 9.72 Å². The topological polar surface area (TPSA) is 85.2 Å². The highest BCUT2D eigenvalue weighted by Gasteiger charge is 2.27. The maximum atomic E-state index is 13.1. The Morgan fingerprint density at radius 3 is 2.31 bits per heavy atom. The van der Waals surface area contributed by atoms with Crippen molar-refractivity contribution in [1.82, 2.24) is 25.1 Å². The lowest BCUT2D eigenvalue weighted by molar-refractivity contribution is -0.00523. The van der Waals surface area contributed by atoms with Crippen molar-refractivity contribution < 1.29 is 9.53 Å². The van der Waals surface area contributed by atoms with E-state index in [9.17, 15) is 4.79 Å². The van der Waals surface area contributed by atoms with Gasteiger partial charge in [0.05, 0.1) is 35.0 Å². The van der Waals surface area contributed by atoms with Gasteiger partial charge in [-0.3, -0.25) is 14.5 Å². The summed E-state index contributed by atoms with van der Waals surface area (Å²) in [6.07, 6.45) is 0.281. The number of amides is 1. The molecule has 0 radical (unpaired) electrons. The predicted molar refractivity (Wildman–Crippen MR) is 140 cm³/mol.